The van der Waals surface area contributed by atoms with Crippen LogP contribution in [0.25, 0.3) is 0 Å². The Hall–Kier alpha value is -0.480. The average Bonchev–Trinajstić information content (AvgIpc) is 2.84. The summed E-state index contributed by atoms with van der Waals surface area (Å²) in [5.41, 5.74) is 1.31. The maximum atomic E-state index is 4.30. The second-order valence-electron chi connectivity index (χ2n) is 4.73. The van der Waals surface area contributed by atoms with Crippen molar-refractivity contribution in [2.75, 3.05) is 6.26 Å². The van der Waals surface area contributed by atoms with Gasteiger partial charge in [0.25, 0.3) is 0 Å². The van der Waals surface area contributed by atoms with Crippen molar-refractivity contribution < 1.29 is 0 Å². The van der Waals surface area contributed by atoms with E-state index in [1.165, 1.54) is 31.4 Å². The molecule has 0 aliphatic heterocycles. The molecular weight excluding hydrogens is 230 g/mol. The molecule has 1 fully saturated rings. The first-order valence-corrected chi connectivity index (χ1v) is 7.89. The fourth-order valence-electron chi connectivity index (χ4n) is 2.55. The first kappa shape index (κ1) is 13.0. The largest absolute Gasteiger partial charge is 0.308 e. The molecule has 1 aliphatic carbocycles. The van der Waals surface area contributed by atoms with Gasteiger partial charge in [0, 0.05) is 30.6 Å². The van der Waals surface area contributed by atoms with Crippen LogP contribution in [0.4, 0.5) is 0 Å². The predicted octanol–water partition coefficient (Wildman–Crippen LogP) is 2.67. The van der Waals surface area contributed by atoms with Gasteiger partial charge in [-0.05, 0) is 44.9 Å². The summed E-state index contributed by atoms with van der Waals surface area (Å²) < 4.78 is 2.07. The summed E-state index contributed by atoms with van der Waals surface area (Å²) in [6.45, 7) is 4.06. The summed E-state index contributed by atoms with van der Waals surface area (Å²) in [5.74, 6) is 0. The molecule has 3 nitrogen and oxygen atoms in total. The monoisotopic (exact) mass is 253 g/mol. The van der Waals surface area contributed by atoms with Crippen LogP contribution in [0, 0.1) is 0 Å². The van der Waals surface area contributed by atoms with Gasteiger partial charge in [-0.15, -0.1) is 0 Å². The minimum absolute atomic E-state index is 0.707. The van der Waals surface area contributed by atoms with Crippen molar-refractivity contribution in [3.63, 3.8) is 0 Å². The third kappa shape index (κ3) is 3.49. The highest BCUT2D eigenvalue weighted by Crippen LogP contribution is 2.26. The molecule has 0 amide bonds. The Morgan fingerprint density at radius 3 is 2.82 bits per heavy atom. The Bertz CT molecular complexity index is 329. The van der Waals surface area contributed by atoms with Crippen molar-refractivity contribution in [1.82, 2.24) is 15.1 Å². The summed E-state index contributed by atoms with van der Waals surface area (Å²) >= 11 is 2.03. The van der Waals surface area contributed by atoms with Crippen LogP contribution in [0.3, 0.4) is 0 Å². The van der Waals surface area contributed by atoms with E-state index < -0.39 is 0 Å². The second kappa shape index (κ2) is 6.45. The van der Waals surface area contributed by atoms with Gasteiger partial charge in [0.1, 0.15) is 0 Å². The lowest BCUT2D eigenvalue weighted by Gasteiger charge is -2.28. The van der Waals surface area contributed by atoms with E-state index in [1.807, 2.05) is 18.0 Å². The molecule has 1 heterocycles. The highest BCUT2D eigenvalue weighted by atomic mass is 32.2. The van der Waals surface area contributed by atoms with E-state index in [-0.39, 0.29) is 0 Å². The molecule has 0 radical (unpaired) electrons. The third-order valence-corrected chi connectivity index (χ3v) is 4.82. The van der Waals surface area contributed by atoms with Crippen LogP contribution >= 0.6 is 11.8 Å². The van der Waals surface area contributed by atoms with Crippen LogP contribution < -0.4 is 5.32 Å². The molecule has 0 atom stereocenters. The summed E-state index contributed by atoms with van der Waals surface area (Å²) in [5, 5.41) is 8.87. The molecule has 1 aliphatic rings. The van der Waals surface area contributed by atoms with Crippen LogP contribution in [-0.4, -0.2) is 27.3 Å². The fourth-order valence-corrected chi connectivity index (χ4v) is 3.29. The van der Waals surface area contributed by atoms with Crippen LogP contribution in [0.2, 0.25) is 0 Å². The minimum atomic E-state index is 0.707. The van der Waals surface area contributed by atoms with Crippen LogP contribution in [0.5, 0.6) is 0 Å². The molecule has 96 valence electrons. The lowest BCUT2D eigenvalue weighted by atomic mass is 9.95. The topological polar surface area (TPSA) is 29.9 Å². The molecule has 2 rings (SSSR count). The lowest BCUT2D eigenvalue weighted by Crippen LogP contribution is -2.34. The molecule has 0 aromatic carbocycles. The summed E-state index contributed by atoms with van der Waals surface area (Å²) in [6, 6.07) is 2.82. The Morgan fingerprint density at radius 2 is 2.18 bits per heavy atom. The van der Waals surface area contributed by atoms with Crippen molar-refractivity contribution in [3.8, 4) is 0 Å². The quantitative estimate of drug-likeness (QED) is 0.875. The average molecular weight is 253 g/mol. The van der Waals surface area contributed by atoms with E-state index in [9.17, 15) is 0 Å². The zero-order valence-electron chi connectivity index (χ0n) is 10.9. The number of rotatable bonds is 5. The van der Waals surface area contributed by atoms with Gasteiger partial charge in [-0.25, -0.2) is 0 Å². The highest BCUT2D eigenvalue weighted by Gasteiger charge is 2.19. The molecule has 1 saturated carbocycles. The Labute approximate surface area is 108 Å². The molecule has 1 aromatic rings. The number of nitrogens with zero attached hydrogens (tertiary/aromatic N) is 2. The summed E-state index contributed by atoms with van der Waals surface area (Å²) in [4.78, 5) is 0. The standard InChI is InChI=1S/C13H23N3S/c1-3-16-12(8-9-15-16)10-14-11-4-6-13(17-2)7-5-11/h8-9,11,13-14H,3-7,10H2,1-2H3. The van der Waals surface area contributed by atoms with Crippen molar-refractivity contribution in [3.05, 3.63) is 18.0 Å². The second-order valence-corrected chi connectivity index (χ2v) is 5.87. The summed E-state index contributed by atoms with van der Waals surface area (Å²) in [7, 11) is 0. The number of nitrogens with one attached hydrogen (secondary N) is 1. The molecular formula is C13H23N3S. The number of hydrogen-bond acceptors (Lipinski definition) is 3. The Morgan fingerprint density at radius 1 is 1.41 bits per heavy atom. The zero-order chi connectivity index (χ0) is 12.1. The number of aryl methyl sites for hydroxylation is 1. The number of aromatic nitrogens is 2. The predicted molar refractivity (Wildman–Crippen MR) is 74.3 cm³/mol. The molecule has 0 spiro atoms. The minimum Gasteiger partial charge on any atom is -0.308 e. The molecule has 0 saturated heterocycles. The van der Waals surface area contributed by atoms with Crippen LogP contribution in [0.1, 0.15) is 38.3 Å². The smallest absolute Gasteiger partial charge is 0.0522 e. The highest BCUT2D eigenvalue weighted by molar-refractivity contribution is 7.99. The van der Waals surface area contributed by atoms with Gasteiger partial charge in [-0.1, -0.05) is 0 Å². The van der Waals surface area contributed by atoms with Gasteiger partial charge in [-0.2, -0.15) is 16.9 Å². The van der Waals surface area contributed by atoms with E-state index in [4.69, 9.17) is 0 Å². The van der Waals surface area contributed by atoms with E-state index in [2.05, 4.69) is 34.3 Å². The van der Waals surface area contributed by atoms with Crippen LogP contribution in [-0.2, 0) is 13.1 Å². The van der Waals surface area contributed by atoms with Gasteiger partial charge in [0.15, 0.2) is 0 Å². The molecule has 0 unspecified atom stereocenters. The van der Waals surface area contributed by atoms with Crippen LogP contribution in [0.15, 0.2) is 12.3 Å². The molecule has 4 heteroatoms. The van der Waals surface area contributed by atoms with E-state index in [0.29, 0.717) is 6.04 Å². The van der Waals surface area contributed by atoms with Crippen molar-refractivity contribution in [1.29, 1.82) is 0 Å². The maximum absolute atomic E-state index is 4.30. The zero-order valence-corrected chi connectivity index (χ0v) is 11.7. The number of hydrogen-bond donors (Lipinski definition) is 1. The SMILES string of the molecule is CCn1nccc1CNC1CCC(SC)CC1. The molecule has 1 aromatic heterocycles. The van der Waals surface area contributed by atoms with Gasteiger partial charge in [0.2, 0.25) is 0 Å². The summed E-state index contributed by atoms with van der Waals surface area (Å²) in [6.07, 6.45) is 9.51. The van der Waals surface area contributed by atoms with Crippen molar-refractivity contribution in [2.24, 2.45) is 0 Å². The Kier molecular flexibility index (Phi) is 4.92. The van der Waals surface area contributed by atoms with E-state index >= 15 is 0 Å². The maximum Gasteiger partial charge on any atom is 0.0522 e. The van der Waals surface area contributed by atoms with Crippen molar-refractivity contribution >= 4 is 11.8 Å². The van der Waals surface area contributed by atoms with E-state index in [0.717, 1.165) is 18.3 Å². The van der Waals surface area contributed by atoms with Gasteiger partial charge >= 0.3 is 0 Å². The fraction of sp³-hybridized carbons (Fsp3) is 0.769. The first-order chi connectivity index (χ1) is 8.33. The van der Waals surface area contributed by atoms with Gasteiger partial charge in [0.05, 0.1) is 5.69 Å². The lowest BCUT2D eigenvalue weighted by molar-refractivity contribution is 0.373. The third-order valence-electron chi connectivity index (χ3n) is 3.68. The Balaban J connectivity index is 1.76. The number of thioether (sulfide) groups is 1. The van der Waals surface area contributed by atoms with E-state index in [1.54, 1.807) is 0 Å². The van der Waals surface area contributed by atoms with Gasteiger partial charge < -0.3 is 5.32 Å². The normalized spacial score (nSPS) is 25.1. The molecule has 17 heavy (non-hydrogen) atoms. The molecule has 1 N–H and O–H groups in total. The first-order valence-electron chi connectivity index (χ1n) is 6.60. The van der Waals surface area contributed by atoms with Gasteiger partial charge in [-0.3, -0.25) is 4.68 Å². The molecule has 0 bridgehead atoms. The van der Waals surface area contributed by atoms with Crippen molar-refractivity contribution in [2.45, 2.75) is 57.0 Å².